The van der Waals surface area contributed by atoms with E-state index in [2.05, 4.69) is 5.92 Å². The quantitative estimate of drug-likeness (QED) is 0.455. The first kappa shape index (κ1) is 7.36. The van der Waals surface area contributed by atoms with Crippen LogP contribution in [0.25, 0.3) is 0 Å². The summed E-state index contributed by atoms with van der Waals surface area (Å²) >= 11 is 0. The summed E-state index contributed by atoms with van der Waals surface area (Å²) in [6.07, 6.45) is 6.17. The molecular weight excluding hydrogens is 138 g/mol. The van der Waals surface area contributed by atoms with E-state index in [1.54, 1.807) is 12.1 Å². The van der Waals surface area contributed by atoms with Gasteiger partial charge in [0.25, 0.3) is 0 Å². The molecule has 54 valence electrons. The predicted octanol–water partition coefficient (Wildman–Crippen LogP) is 1.37. The van der Waals surface area contributed by atoms with Crippen LogP contribution in [0, 0.1) is 17.8 Å². The van der Waals surface area contributed by atoms with Crippen molar-refractivity contribution in [2.45, 2.75) is 0 Å². The molecule has 0 spiro atoms. The van der Waals surface area contributed by atoms with Crippen LogP contribution in [0.15, 0.2) is 18.2 Å². The summed E-state index contributed by atoms with van der Waals surface area (Å²) in [5.41, 5.74) is 1.09. The molecule has 11 heavy (non-hydrogen) atoms. The van der Waals surface area contributed by atoms with Crippen LogP contribution in [0.2, 0.25) is 0 Å². The van der Waals surface area contributed by atoms with Gasteiger partial charge in [-0.25, -0.2) is 0 Å². The van der Waals surface area contributed by atoms with Crippen molar-refractivity contribution in [1.29, 1.82) is 5.41 Å². The second-order valence-electron chi connectivity index (χ2n) is 2.06. The Morgan fingerprint density at radius 2 is 2.27 bits per heavy atom. The second-order valence-corrected chi connectivity index (χ2v) is 2.06. The van der Waals surface area contributed by atoms with Crippen molar-refractivity contribution in [3.8, 4) is 18.1 Å². The van der Waals surface area contributed by atoms with E-state index in [0.717, 1.165) is 6.21 Å². The summed E-state index contributed by atoms with van der Waals surface area (Å²) in [7, 11) is 0. The Labute approximate surface area is 65.0 Å². The lowest BCUT2D eigenvalue weighted by molar-refractivity contribution is 0.474. The minimum atomic E-state index is 0.0513. The van der Waals surface area contributed by atoms with Crippen molar-refractivity contribution in [1.82, 2.24) is 0 Å². The fourth-order valence-corrected chi connectivity index (χ4v) is 0.756. The van der Waals surface area contributed by atoms with Crippen LogP contribution < -0.4 is 0 Å². The third-order valence-corrected chi connectivity index (χ3v) is 1.35. The van der Waals surface area contributed by atoms with Gasteiger partial charge in [0.15, 0.2) is 0 Å². The molecule has 0 bridgehead atoms. The molecule has 0 heterocycles. The topological polar surface area (TPSA) is 44.1 Å². The number of hydrogen-bond acceptors (Lipinski definition) is 2. The molecule has 0 aromatic heterocycles. The summed E-state index contributed by atoms with van der Waals surface area (Å²) < 4.78 is 0. The van der Waals surface area contributed by atoms with E-state index in [0.29, 0.717) is 11.1 Å². The van der Waals surface area contributed by atoms with Crippen LogP contribution in [0.3, 0.4) is 0 Å². The summed E-state index contributed by atoms with van der Waals surface area (Å²) in [4.78, 5) is 0. The first-order chi connectivity index (χ1) is 5.27. The maximum Gasteiger partial charge on any atom is 0.125 e. The number of phenols is 1. The van der Waals surface area contributed by atoms with Crippen LogP contribution in [0.5, 0.6) is 5.75 Å². The molecule has 0 amide bonds. The standard InChI is InChI=1S/C9H7NO/c1-2-7-3-4-8(6-10)9(11)5-7/h1,3-6,10-11H. The van der Waals surface area contributed by atoms with Crippen molar-refractivity contribution < 1.29 is 5.11 Å². The Kier molecular flexibility index (Phi) is 1.93. The predicted molar refractivity (Wildman–Crippen MR) is 43.9 cm³/mol. The summed E-state index contributed by atoms with van der Waals surface area (Å²) in [5.74, 6) is 2.44. The van der Waals surface area contributed by atoms with Gasteiger partial charge in [0.1, 0.15) is 5.75 Å². The van der Waals surface area contributed by atoms with Crippen LogP contribution in [0.1, 0.15) is 11.1 Å². The van der Waals surface area contributed by atoms with Gasteiger partial charge in [0.2, 0.25) is 0 Å². The highest BCUT2D eigenvalue weighted by atomic mass is 16.3. The van der Waals surface area contributed by atoms with Crippen molar-refractivity contribution in [2.24, 2.45) is 0 Å². The SMILES string of the molecule is C#Cc1ccc(C=N)c(O)c1. The average molecular weight is 145 g/mol. The van der Waals surface area contributed by atoms with E-state index in [9.17, 15) is 5.11 Å². The van der Waals surface area contributed by atoms with Gasteiger partial charge in [-0.15, -0.1) is 6.42 Å². The Hall–Kier alpha value is -1.75. The van der Waals surface area contributed by atoms with Gasteiger partial charge >= 0.3 is 0 Å². The average Bonchev–Trinajstić information content (AvgIpc) is 2.04. The molecule has 2 N–H and O–H groups in total. The summed E-state index contributed by atoms with van der Waals surface area (Å²) in [6, 6.07) is 4.75. The lowest BCUT2D eigenvalue weighted by Gasteiger charge is -1.96. The molecule has 1 aromatic carbocycles. The van der Waals surface area contributed by atoms with E-state index in [-0.39, 0.29) is 5.75 Å². The highest BCUT2D eigenvalue weighted by Crippen LogP contribution is 2.15. The maximum atomic E-state index is 9.18. The van der Waals surface area contributed by atoms with E-state index in [1.807, 2.05) is 0 Å². The molecule has 0 atom stereocenters. The number of hydrogen-bond donors (Lipinski definition) is 2. The highest BCUT2D eigenvalue weighted by Gasteiger charge is 1.96. The molecule has 0 aliphatic rings. The van der Waals surface area contributed by atoms with Gasteiger partial charge in [-0.3, -0.25) is 0 Å². The van der Waals surface area contributed by atoms with Crippen molar-refractivity contribution in [3.63, 3.8) is 0 Å². The second kappa shape index (κ2) is 2.89. The molecular formula is C9H7NO. The number of benzene rings is 1. The normalized spacial score (nSPS) is 8.64. The monoisotopic (exact) mass is 145 g/mol. The number of terminal acetylenes is 1. The Morgan fingerprint density at radius 1 is 1.55 bits per heavy atom. The lowest BCUT2D eigenvalue weighted by Crippen LogP contribution is -1.81. The zero-order valence-corrected chi connectivity index (χ0v) is 5.83. The molecule has 0 saturated heterocycles. The highest BCUT2D eigenvalue weighted by molar-refractivity contribution is 5.81. The molecule has 1 rings (SSSR count). The van der Waals surface area contributed by atoms with Crippen molar-refractivity contribution in [2.75, 3.05) is 0 Å². The minimum Gasteiger partial charge on any atom is -0.507 e. The first-order valence-electron chi connectivity index (χ1n) is 3.08. The summed E-state index contributed by atoms with van der Waals surface area (Å²) in [5, 5.41) is 16.1. The van der Waals surface area contributed by atoms with Crippen LogP contribution in [-0.2, 0) is 0 Å². The van der Waals surface area contributed by atoms with Gasteiger partial charge in [0, 0.05) is 17.3 Å². The van der Waals surface area contributed by atoms with Gasteiger partial charge < -0.3 is 10.5 Å². The van der Waals surface area contributed by atoms with E-state index >= 15 is 0 Å². The van der Waals surface area contributed by atoms with E-state index < -0.39 is 0 Å². The zero-order chi connectivity index (χ0) is 8.27. The summed E-state index contributed by atoms with van der Waals surface area (Å²) in [6.45, 7) is 0. The molecule has 1 aromatic rings. The molecule has 0 aliphatic heterocycles. The largest absolute Gasteiger partial charge is 0.507 e. The Bertz CT molecular complexity index is 323. The van der Waals surface area contributed by atoms with E-state index in [4.69, 9.17) is 11.8 Å². The molecule has 2 nitrogen and oxygen atoms in total. The van der Waals surface area contributed by atoms with Crippen LogP contribution >= 0.6 is 0 Å². The molecule has 0 fully saturated rings. The number of nitrogens with one attached hydrogen (secondary N) is 1. The fraction of sp³-hybridized carbons (Fsp3) is 0. The Balaban J connectivity index is 3.22. The molecule has 0 unspecified atom stereocenters. The molecule has 0 aliphatic carbocycles. The van der Waals surface area contributed by atoms with Crippen LogP contribution in [0.4, 0.5) is 0 Å². The third kappa shape index (κ3) is 1.39. The van der Waals surface area contributed by atoms with Crippen LogP contribution in [-0.4, -0.2) is 11.3 Å². The molecule has 2 heteroatoms. The molecule has 0 radical (unpaired) electrons. The minimum absolute atomic E-state index is 0.0513. The smallest absolute Gasteiger partial charge is 0.125 e. The number of rotatable bonds is 1. The van der Waals surface area contributed by atoms with E-state index in [1.165, 1.54) is 6.07 Å². The van der Waals surface area contributed by atoms with Gasteiger partial charge in [0.05, 0.1) is 0 Å². The zero-order valence-electron chi connectivity index (χ0n) is 5.83. The number of phenolic OH excluding ortho intramolecular Hbond substituents is 1. The van der Waals surface area contributed by atoms with Gasteiger partial charge in [-0.05, 0) is 18.2 Å². The maximum absolute atomic E-state index is 9.18. The van der Waals surface area contributed by atoms with Crippen molar-refractivity contribution in [3.05, 3.63) is 29.3 Å². The number of aromatic hydroxyl groups is 1. The molecule has 0 saturated carbocycles. The van der Waals surface area contributed by atoms with Crippen molar-refractivity contribution >= 4 is 6.21 Å². The fourth-order valence-electron chi connectivity index (χ4n) is 0.756. The third-order valence-electron chi connectivity index (χ3n) is 1.35. The first-order valence-corrected chi connectivity index (χ1v) is 3.08. The van der Waals surface area contributed by atoms with Gasteiger partial charge in [-0.2, -0.15) is 0 Å². The van der Waals surface area contributed by atoms with Gasteiger partial charge in [-0.1, -0.05) is 5.92 Å². The Morgan fingerprint density at radius 3 is 2.73 bits per heavy atom. The lowest BCUT2D eigenvalue weighted by atomic mass is 10.1.